The molecule has 5 heteroatoms. The van der Waals surface area contributed by atoms with E-state index in [1.165, 1.54) is 0 Å². The molecular weight excluding hydrogens is 270 g/mol. The molecule has 2 rings (SSSR count). The third-order valence-electron chi connectivity index (χ3n) is 2.56. The zero-order chi connectivity index (χ0) is 14.4. The highest BCUT2D eigenvalue weighted by Crippen LogP contribution is 2.15. The molecule has 0 aliphatic carbocycles. The van der Waals surface area contributed by atoms with Crippen LogP contribution in [0.2, 0.25) is 0 Å². The van der Waals surface area contributed by atoms with Crippen molar-refractivity contribution in [3.8, 4) is 11.8 Å². The van der Waals surface area contributed by atoms with Crippen LogP contribution in [0, 0.1) is 18.8 Å². The topological polar surface area (TPSA) is 68.0 Å². The fraction of sp³-hybridized carbons (Fsp3) is 0.200. The molecule has 4 nitrogen and oxygen atoms in total. The zero-order valence-corrected chi connectivity index (χ0v) is 12.0. The first kappa shape index (κ1) is 14.3. The van der Waals surface area contributed by atoms with Crippen molar-refractivity contribution >= 4 is 17.2 Å². The Bertz CT molecular complexity index is 667. The Balaban J connectivity index is 1.95. The van der Waals surface area contributed by atoms with Crippen LogP contribution < -0.4 is 11.1 Å². The highest BCUT2D eigenvalue weighted by Gasteiger charge is 2.06. The third-order valence-corrected chi connectivity index (χ3v) is 3.56. The van der Waals surface area contributed by atoms with E-state index in [2.05, 4.69) is 22.1 Å². The van der Waals surface area contributed by atoms with Crippen molar-refractivity contribution in [1.29, 1.82) is 0 Å². The minimum Gasteiger partial charge on any atom is -0.347 e. The highest BCUT2D eigenvalue weighted by atomic mass is 32.1. The minimum absolute atomic E-state index is 0.0986. The normalized spacial score (nSPS) is 9.70. The Labute approximate surface area is 122 Å². The van der Waals surface area contributed by atoms with Gasteiger partial charge in [-0.1, -0.05) is 11.8 Å². The molecule has 102 valence electrons. The maximum absolute atomic E-state index is 12.0. The van der Waals surface area contributed by atoms with Gasteiger partial charge >= 0.3 is 0 Å². The number of hydrogen-bond donors (Lipinski definition) is 2. The lowest BCUT2D eigenvalue weighted by molar-refractivity contribution is 0.0951. The van der Waals surface area contributed by atoms with Crippen LogP contribution in [0.25, 0.3) is 0 Å². The van der Waals surface area contributed by atoms with Gasteiger partial charge in [0.25, 0.3) is 5.91 Å². The monoisotopic (exact) mass is 285 g/mol. The first-order chi connectivity index (χ1) is 9.69. The molecule has 0 aliphatic rings. The van der Waals surface area contributed by atoms with Gasteiger partial charge in [-0.15, -0.1) is 11.3 Å². The summed E-state index contributed by atoms with van der Waals surface area (Å²) >= 11 is 1.56. The van der Waals surface area contributed by atoms with Crippen molar-refractivity contribution in [2.24, 2.45) is 5.73 Å². The number of carbonyl (C=O) groups excluding carboxylic acids is 1. The molecule has 0 bridgehead atoms. The lowest BCUT2D eigenvalue weighted by atomic mass is 10.2. The molecule has 0 unspecified atom stereocenters. The minimum atomic E-state index is -0.0986. The van der Waals surface area contributed by atoms with E-state index >= 15 is 0 Å². The molecule has 2 aromatic heterocycles. The number of carbonyl (C=O) groups is 1. The second-order valence-electron chi connectivity index (χ2n) is 4.14. The highest BCUT2D eigenvalue weighted by molar-refractivity contribution is 7.12. The number of pyridine rings is 1. The number of nitrogens with zero attached hydrogens (tertiary/aromatic N) is 1. The summed E-state index contributed by atoms with van der Waals surface area (Å²) in [6, 6.07) is 7.37. The first-order valence-electron chi connectivity index (χ1n) is 6.17. The maximum Gasteiger partial charge on any atom is 0.251 e. The largest absolute Gasteiger partial charge is 0.347 e. The molecule has 3 N–H and O–H groups in total. The van der Waals surface area contributed by atoms with Crippen LogP contribution in [0.1, 0.15) is 25.8 Å². The lowest BCUT2D eigenvalue weighted by Gasteiger charge is -2.03. The number of aromatic nitrogens is 1. The summed E-state index contributed by atoms with van der Waals surface area (Å²) in [4.78, 5) is 18.1. The van der Waals surface area contributed by atoms with Crippen molar-refractivity contribution in [2.75, 3.05) is 6.54 Å². The van der Waals surface area contributed by atoms with Crippen LogP contribution in [0.3, 0.4) is 0 Å². The third kappa shape index (κ3) is 3.92. The van der Waals surface area contributed by atoms with Crippen LogP contribution in [0.5, 0.6) is 0 Å². The van der Waals surface area contributed by atoms with E-state index in [-0.39, 0.29) is 5.91 Å². The molecule has 0 aliphatic heterocycles. The number of aryl methyl sites for hydroxylation is 1. The molecule has 0 saturated carbocycles. The van der Waals surface area contributed by atoms with Gasteiger partial charge in [-0.2, -0.15) is 0 Å². The molecule has 0 aromatic carbocycles. The van der Waals surface area contributed by atoms with Gasteiger partial charge in [0, 0.05) is 22.3 Å². The number of nitrogens with one attached hydrogen (secondary N) is 1. The van der Waals surface area contributed by atoms with Gasteiger partial charge in [0.1, 0.15) is 0 Å². The molecule has 1 amide bonds. The van der Waals surface area contributed by atoms with Crippen LogP contribution >= 0.6 is 11.3 Å². The SMILES string of the molecule is Cc1cc(C(=O)NCc2ccc(C#CCN)s2)ccn1. The average Bonchev–Trinajstić information content (AvgIpc) is 2.90. The van der Waals surface area contributed by atoms with Gasteiger partial charge in [-0.05, 0) is 31.2 Å². The molecule has 20 heavy (non-hydrogen) atoms. The smallest absolute Gasteiger partial charge is 0.251 e. The summed E-state index contributed by atoms with van der Waals surface area (Å²) in [6.07, 6.45) is 1.63. The van der Waals surface area contributed by atoms with Gasteiger partial charge in [0.2, 0.25) is 0 Å². The lowest BCUT2D eigenvalue weighted by Crippen LogP contribution is -2.22. The van der Waals surface area contributed by atoms with Gasteiger partial charge in [-0.3, -0.25) is 9.78 Å². The number of rotatable bonds is 3. The Morgan fingerprint density at radius 1 is 1.45 bits per heavy atom. The van der Waals surface area contributed by atoms with E-state index in [1.807, 2.05) is 19.1 Å². The summed E-state index contributed by atoms with van der Waals surface area (Å²) in [6.45, 7) is 2.71. The standard InChI is InChI=1S/C15H15N3OS/c1-11-9-12(6-8-17-11)15(19)18-10-14-5-4-13(20-14)3-2-7-16/h4-6,8-9H,7,10,16H2,1H3,(H,18,19). The Kier molecular flexibility index (Phi) is 4.88. The van der Waals surface area contributed by atoms with Crippen LogP contribution in [-0.4, -0.2) is 17.4 Å². The van der Waals surface area contributed by atoms with Gasteiger partial charge in [0.05, 0.1) is 18.0 Å². The summed E-state index contributed by atoms with van der Waals surface area (Å²) < 4.78 is 0. The number of hydrogen-bond acceptors (Lipinski definition) is 4. The molecule has 0 spiro atoms. The van der Waals surface area contributed by atoms with Crippen LogP contribution in [0.4, 0.5) is 0 Å². The van der Waals surface area contributed by atoms with E-state index in [0.717, 1.165) is 15.4 Å². The fourth-order valence-electron chi connectivity index (χ4n) is 1.63. The van der Waals surface area contributed by atoms with Gasteiger partial charge < -0.3 is 11.1 Å². The van der Waals surface area contributed by atoms with Crippen molar-refractivity contribution < 1.29 is 4.79 Å². The Morgan fingerprint density at radius 3 is 3.05 bits per heavy atom. The fourth-order valence-corrected chi connectivity index (χ4v) is 2.46. The number of amides is 1. The number of thiophene rings is 1. The second kappa shape index (κ2) is 6.85. The molecule has 0 saturated heterocycles. The Hall–Kier alpha value is -2.16. The quantitative estimate of drug-likeness (QED) is 0.843. The molecule has 0 atom stereocenters. The van der Waals surface area contributed by atoms with Gasteiger partial charge in [-0.25, -0.2) is 0 Å². The summed E-state index contributed by atoms with van der Waals surface area (Å²) in [5.41, 5.74) is 6.78. The summed E-state index contributed by atoms with van der Waals surface area (Å²) in [5, 5.41) is 2.88. The van der Waals surface area contributed by atoms with Crippen LogP contribution in [0.15, 0.2) is 30.5 Å². The first-order valence-corrected chi connectivity index (χ1v) is 6.99. The average molecular weight is 285 g/mol. The zero-order valence-electron chi connectivity index (χ0n) is 11.1. The molecule has 2 aromatic rings. The van der Waals surface area contributed by atoms with E-state index in [9.17, 15) is 4.79 Å². The predicted molar refractivity (Wildman–Crippen MR) is 80.4 cm³/mol. The number of nitrogens with two attached hydrogens (primary N) is 1. The van der Waals surface area contributed by atoms with E-state index in [0.29, 0.717) is 18.7 Å². The van der Waals surface area contributed by atoms with E-state index < -0.39 is 0 Å². The van der Waals surface area contributed by atoms with Crippen molar-refractivity contribution in [2.45, 2.75) is 13.5 Å². The van der Waals surface area contributed by atoms with E-state index in [1.54, 1.807) is 29.7 Å². The van der Waals surface area contributed by atoms with Gasteiger partial charge in [0.15, 0.2) is 0 Å². The summed E-state index contributed by atoms with van der Waals surface area (Å²) in [7, 11) is 0. The Morgan fingerprint density at radius 2 is 2.30 bits per heavy atom. The molecular formula is C15H15N3OS. The maximum atomic E-state index is 12.0. The molecule has 2 heterocycles. The van der Waals surface area contributed by atoms with Crippen molar-refractivity contribution in [3.63, 3.8) is 0 Å². The predicted octanol–water partition coefficient (Wildman–Crippen LogP) is 1.69. The summed E-state index contributed by atoms with van der Waals surface area (Å²) in [5.74, 6) is 5.68. The molecule has 0 fully saturated rings. The molecule has 0 radical (unpaired) electrons. The van der Waals surface area contributed by atoms with Crippen LogP contribution in [-0.2, 0) is 6.54 Å². The second-order valence-corrected chi connectivity index (χ2v) is 5.31. The van der Waals surface area contributed by atoms with Crippen molar-refractivity contribution in [3.05, 3.63) is 51.5 Å². The van der Waals surface area contributed by atoms with Crippen molar-refractivity contribution in [1.82, 2.24) is 10.3 Å². The van der Waals surface area contributed by atoms with E-state index in [4.69, 9.17) is 5.73 Å².